The first-order valence-electron chi connectivity index (χ1n) is 11.5. The van der Waals surface area contributed by atoms with Crippen LogP contribution in [0.5, 0.6) is 0 Å². The van der Waals surface area contributed by atoms with Gasteiger partial charge >= 0.3 is 0 Å². The SMILES string of the molecule is Cc1occc1-c1nnc(SCC(=O)Nc2ccc(N3CCOCC3)cc2)n1Cc1ccccc1. The van der Waals surface area contributed by atoms with Gasteiger partial charge in [0.05, 0.1) is 37.3 Å². The fourth-order valence-corrected chi connectivity index (χ4v) is 4.76. The number of thioether (sulfide) groups is 1. The van der Waals surface area contributed by atoms with Crippen LogP contribution < -0.4 is 10.2 Å². The summed E-state index contributed by atoms with van der Waals surface area (Å²) in [6.07, 6.45) is 1.65. The molecular formula is C26H27N5O3S. The monoisotopic (exact) mass is 489 g/mol. The predicted molar refractivity (Wildman–Crippen MR) is 137 cm³/mol. The van der Waals surface area contributed by atoms with E-state index < -0.39 is 0 Å². The molecule has 3 heterocycles. The highest BCUT2D eigenvalue weighted by Crippen LogP contribution is 2.28. The zero-order chi connectivity index (χ0) is 24.0. The Bertz CT molecular complexity index is 1260. The molecule has 2 aromatic carbocycles. The molecule has 0 saturated carbocycles. The van der Waals surface area contributed by atoms with Crippen molar-refractivity contribution in [3.63, 3.8) is 0 Å². The molecule has 1 amide bonds. The van der Waals surface area contributed by atoms with Crippen LogP contribution >= 0.6 is 11.8 Å². The number of ether oxygens (including phenoxy) is 1. The normalized spacial score (nSPS) is 13.7. The van der Waals surface area contributed by atoms with Gasteiger partial charge in [-0.1, -0.05) is 42.1 Å². The number of aryl methyl sites for hydroxylation is 1. The Morgan fingerprint density at radius 2 is 1.80 bits per heavy atom. The number of furan rings is 1. The maximum atomic E-state index is 12.7. The van der Waals surface area contributed by atoms with Crippen LogP contribution in [0.2, 0.25) is 0 Å². The molecule has 5 rings (SSSR count). The number of aromatic nitrogens is 3. The molecule has 1 aliphatic rings. The van der Waals surface area contributed by atoms with E-state index in [0.717, 1.165) is 60.4 Å². The van der Waals surface area contributed by atoms with Gasteiger partial charge in [-0.05, 0) is 42.8 Å². The maximum absolute atomic E-state index is 12.7. The van der Waals surface area contributed by atoms with E-state index in [1.54, 1.807) is 6.26 Å². The van der Waals surface area contributed by atoms with Gasteiger partial charge in [0.1, 0.15) is 5.76 Å². The third-order valence-electron chi connectivity index (χ3n) is 5.86. The Morgan fingerprint density at radius 1 is 1.03 bits per heavy atom. The van der Waals surface area contributed by atoms with E-state index in [1.807, 2.05) is 60.0 Å². The van der Waals surface area contributed by atoms with Gasteiger partial charge in [-0.15, -0.1) is 10.2 Å². The molecule has 1 aliphatic heterocycles. The summed E-state index contributed by atoms with van der Waals surface area (Å²) in [6.45, 7) is 5.75. The molecule has 2 aromatic heterocycles. The molecule has 0 atom stereocenters. The molecule has 0 radical (unpaired) electrons. The van der Waals surface area contributed by atoms with Crippen molar-refractivity contribution < 1.29 is 13.9 Å². The molecule has 0 bridgehead atoms. The van der Waals surface area contributed by atoms with Crippen LogP contribution in [0.1, 0.15) is 11.3 Å². The molecule has 9 heteroatoms. The van der Waals surface area contributed by atoms with Crippen molar-refractivity contribution in [2.24, 2.45) is 0 Å². The summed E-state index contributed by atoms with van der Waals surface area (Å²) in [4.78, 5) is 15.0. The van der Waals surface area contributed by atoms with Crippen LogP contribution in [-0.4, -0.2) is 52.7 Å². The number of hydrogen-bond donors (Lipinski definition) is 1. The zero-order valence-corrected chi connectivity index (χ0v) is 20.3. The third kappa shape index (κ3) is 5.58. The molecular weight excluding hydrogens is 462 g/mol. The van der Waals surface area contributed by atoms with Gasteiger partial charge < -0.3 is 19.4 Å². The standard InChI is InChI=1S/C26H27N5O3S/c1-19-23(11-14-34-19)25-28-29-26(31(25)17-20-5-3-2-4-6-20)35-18-24(32)27-21-7-9-22(10-8-21)30-12-15-33-16-13-30/h2-11,14H,12-13,15-18H2,1H3,(H,27,32). The number of carbonyl (C=O) groups is 1. The minimum Gasteiger partial charge on any atom is -0.469 e. The summed E-state index contributed by atoms with van der Waals surface area (Å²) in [5, 5.41) is 12.5. The minimum atomic E-state index is -0.0931. The molecule has 0 aliphatic carbocycles. The van der Waals surface area contributed by atoms with Crippen molar-refractivity contribution in [1.29, 1.82) is 0 Å². The Labute approximate surface area is 208 Å². The van der Waals surface area contributed by atoms with E-state index in [0.29, 0.717) is 11.7 Å². The molecule has 0 spiro atoms. The number of amides is 1. The second-order valence-electron chi connectivity index (χ2n) is 8.25. The lowest BCUT2D eigenvalue weighted by atomic mass is 10.2. The largest absolute Gasteiger partial charge is 0.469 e. The first-order valence-corrected chi connectivity index (χ1v) is 12.5. The molecule has 35 heavy (non-hydrogen) atoms. The van der Waals surface area contributed by atoms with Crippen molar-refractivity contribution in [2.45, 2.75) is 18.6 Å². The molecule has 4 aromatic rings. The van der Waals surface area contributed by atoms with Crippen LogP contribution in [-0.2, 0) is 16.1 Å². The first-order chi connectivity index (χ1) is 17.2. The van der Waals surface area contributed by atoms with Crippen molar-refractivity contribution in [3.05, 3.63) is 78.3 Å². The molecule has 0 unspecified atom stereocenters. The summed E-state index contributed by atoms with van der Waals surface area (Å²) in [6, 6.07) is 20.0. The smallest absolute Gasteiger partial charge is 0.234 e. The topological polar surface area (TPSA) is 85.4 Å². The fourth-order valence-electron chi connectivity index (χ4n) is 4.02. The Hall–Kier alpha value is -3.56. The number of carbonyl (C=O) groups excluding carboxylic acids is 1. The molecule has 180 valence electrons. The summed E-state index contributed by atoms with van der Waals surface area (Å²) in [5.74, 6) is 1.63. The quantitative estimate of drug-likeness (QED) is 0.366. The Balaban J connectivity index is 1.26. The highest BCUT2D eigenvalue weighted by atomic mass is 32.2. The number of rotatable bonds is 8. The predicted octanol–water partition coefficient (Wildman–Crippen LogP) is 4.46. The number of nitrogens with one attached hydrogen (secondary N) is 1. The van der Waals surface area contributed by atoms with E-state index in [1.165, 1.54) is 11.8 Å². The van der Waals surface area contributed by atoms with E-state index in [4.69, 9.17) is 9.15 Å². The maximum Gasteiger partial charge on any atom is 0.234 e. The van der Waals surface area contributed by atoms with Gasteiger partial charge in [0.15, 0.2) is 11.0 Å². The van der Waals surface area contributed by atoms with Gasteiger partial charge in [-0.2, -0.15) is 0 Å². The van der Waals surface area contributed by atoms with E-state index in [2.05, 4.69) is 32.5 Å². The lowest BCUT2D eigenvalue weighted by Gasteiger charge is -2.28. The van der Waals surface area contributed by atoms with Gasteiger partial charge in [-0.25, -0.2) is 0 Å². The average molecular weight is 490 g/mol. The van der Waals surface area contributed by atoms with Crippen molar-refractivity contribution in [1.82, 2.24) is 14.8 Å². The molecule has 1 fully saturated rings. The van der Waals surface area contributed by atoms with Gasteiger partial charge in [-0.3, -0.25) is 9.36 Å². The fraction of sp³-hybridized carbons (Fsp3) is 0.269. The number of anilines is 2. The van der Waals surface area contributed by atoms with E-state index in [-0.39, 0.29) is 11.7 Å². The minimum absolute atomic E-state index is 0.0931. The molecule has 1 N–H and O–H groups in total. The Kier molecular flexibility index (Phi) is 7.15. The molecule has 1 saturated heterocycles. The second kappa shape index (κ2) is 10.8. The van der Waals surface area contributed by atoms with Crippen molar-refractivity contribution >= 4 is 29.0 Å². The summed E-state index contributed by atoms with van der Waals surface area (Å²) in [7, 11) is 0. The lowest BCUT2D eigenvalue weighted by Crippen LogP contribution is -2.36. The number of morpholine rings is 1. The van der Waals surface area contributed by atoms with E-state index >= 15 is 0 Å². The van der Waals surface area contributed by atoms with Gasteiger partial charge in [0.25, 0.3) is 0 Å². The molecule has 8 nitrogen and oxygen atoms in total. The van der Waals surface area contributed by atoms with Crippen molar-refractivity contribution in [2.75, 3.05) is 42.3 Å². The van der Waals surface area contributed by atoms with Gasteiger partial charge in [0, 0.05) is 24.5 Å². The summed E-state index contributed by atoms with van der Waals surface area (Å²) in [5.41, 5.74) is 3.93. The number of hydrogen-bond acceptors (Lipinski definition) is 7. The first kappa shape index (κ1) is 23.2. The van der Waals surface area contributed by atoms with Crippen LogP contribution in [0, 0.1) is 6.92 Å². The van der Waals surface area contributed by atoms with Gasteiger partial charge in [0.2, 0.25) is 5.91 Å². The summed E-state index contributed by atoms with van der Waals surface area (Å²) < 4.78 is 12.9. The van der Waals surface area contributed by atoms with Crippen molar-refractivity contribution in [3.8, 4) is 11.4 Å². The van der Waals surface area contributed by atoms with Crippen LogP contribution in [0.15, 0.2) is 76.5 Å². The van der Waals surface area contributed by atoms with Crippen LogP contribution in [0.3, 0.4) is 0 Å². The van der Waals surface area contributed by atoms with Crippen LogP contribution in [0.25, 0.3) is 11.4 Å². The lowest BCUT2D eigenvalue weighted by molar-refractivity contribution is -0.113. The summed E-state index contributed by atoms with van der Waals surface area (Å²) >= 11 is 1.37. The highest BCUT2D eigenvalue weighted by Gasteiger charge is 2.19. The van der Waals surface area contributed by atoms with Crippen LogP contribution in [0.4, 0.5) is 11.4 Å². The second-order valence-corrected chi connectivity index (χ2v) is 9.19. The van der Waals surface area contributed by atoms with E-state index in [9.17, 15) is 4.79 Å². The zero-order valence-electron chi connectivity index (χ0n) is 19.5. The Morgan fingerprint density at radius 3 is 2.51 bits per heavy atom. The average Bonchev–Trinajstić information content (AvgIpc) is 3.49. The number of benzene rings is 2. The third-order valence-corrected chi connectivity index (χ3v) is 6.83. The highest BCUT2D eigenvalue weighted by molar-refractivity contribution is 7.99. The number of nitrogens with zero attached hydrogens (tertiary/aromatic N) is 4.